The van der Waals surface area contributed by atoms with Gasteiger partial charge in [-0.15, -0.1) is 0 Å². The van der Waals surface area contributed by atoms with E-state index in [0.29, 0.717) is 18.0 Å². The fourth-order valence-electron chi connectivity index (χ4n) is 3.02. The fraction of sp³-hybridized carbons (Fsp3) is 0.300. The van der Waals surface area contributed by atoms with Crippen LogP contribution in [0.2, 0.25) is 5.02 Å². The SMILES string of the molecule is CN(Cc1c(F)cccc1Cl)C(=O)NCc1ccc(N2CCCC2=O)cc1. The Morgan fingerprint density at radius 3 is 2.63 bits per heavy atom. The summed E-state index contributed by atoms with van der Waals surface area (Å²) in [5.74, 6) is -0.293. The van der Waals surface area contributed by atoms with Gasteiger partial charge in [-0.25, -0.2) is 9.18 Å². The van der Waals surface area contributed by atoms with Crippen molar-refractivity contribution < 1.29 is 14.0 Å². The summed E-state index contributed by atoms with van der Waals surface area (Å²) < 4.78 is 13.8. The molecule has 5 nitrogen and oxygen atoms in total. The van der Waals surface area contributed by atoms with Crippen LogP contribution in [0.15, 0.2) is 42.5 Å². The summed E-state index contributed by atoms with van der Waals surface area (Å²) in [7, 11) is 1.58. The van der Waals surface area contributed by atoms with E-state index in [4.69, 9.17) is 11.6 Å². The van der Waals surface area contributed by atoms with Crippen LogP contribution in [0.5, 0.6) is 0 Å². The molecule has 0 radical (unpaired) electrons. The predicted octanol–water partition coefficient (Wildman–Crippen LogP) is 3.95. The number of hydrogen-bond acceptors (Lipinski definition) is 2. The molecule has 2 aromatic rings. The molecule has 1 fully saturated rings. The average molecular weight is 390 g/mol. The standard InChI is InChI=1S/C20H21ClFN3O2/c1-24(13-16-17(21)4-2-5-18(16)22)20(27)23-12-14-7-9-15(10-8-14)25-11-3-6-19(25)26/h2,4-5,7-10H,3,6,11-13H2,1H3,(H,23,27). The Kier molecular flexibility index (Phi) is 5.96. The van der Waals surface area contributed by atoms with Gasteiger partial charge >= 0.3 is 6.03 Å². The highest BCUT2D eigenvalue weighted by Gasteiger charge is 2.21. The Bertz CT molecular complexity index is 821. The third-order valence-corrected chi connectivity index (χ3v) is 4.92. The van der Waals surface area contributed by atoms with Crippen LogP contribution in [0.1, 0.15) is 24.0 Å². The number of carbonyl (C=O) groups excluding carboxylic acids is 2. The largest absolute Gasteiger partial charge is 0.334 e. The number of nitrogens with zero attached hydrogens (tertiary/aromatic N) is 2. The van der Waals surface area contributed by atoms with Crippen molar-refractivity contribution in [2.75, 3.05) is 18.5 Å². The summed E-state index contributed by atoms with van der Waals surface area (Å²) in [4.78, 5) is 27.2. The van der Waals surface area contributed by atoms with Gasteiger partial charge in [0.1, 0.15) is 5.82 Å². The maximum Gasteiger partial charge on any atom is 0.317 e. The quantitative estimate of drug-likeness (QED) is 0.841. The molecular weight excluding hydrogens is 369 g/mol. The van der Waals surface area contributed by atoms with Gasteiger partial charge in [-0.1, -0.05) is 29.8 Å². The first-order valence-electron chi connectivity index (χ1n) is 8.77. The molecule has 0 bridgehead atoms. The molecule has 7 heteroatoms. The highest BCUT2D eigenvalue weighted by Crippen LogP contribution is 2.22. The third kappa shape index (κ3) is 4.57. The third-order valence-electron chi connectivity index (χ3n) is 4.57. The smallest absolute Gasteiger partial charge is 0.317 e. The second-order valence-corrected chi connectivity index (χ2v) is 6.94. The van der Waals surface area contributed by atoms with E-state index in [2.05, 4.69) is 5.32 Å². The molecule has 1 N–H and O–H groups in total. The van der Waals surface area contributed by atoms with Crippen LogP contribution in [-0.4, -0.2) is 30.4 Å². The summed E-state index contributed by atoms with van der Waals surface area (Å²) >= 11 is 6.00. The van der Waals surface area contributed by atoms with Gasteiger partial charge in [0.2, 0.25) is 5.91 Å². The molecular formula is C20H21ClFN3O2. The van der Waals surface area contributed by atoms with Crippen molar-refractivity contribution in [3.63, 3.8) is 0 Å². The van der Waals surface area contributed by atoms with E-state index < -0.39 is 5.82 Å². The summed E-state index contributed by atoms with van der Waals surface area (Å²) in [6.07, 6.45) is 1.48. The molecule has 1 aliphatic rings. The normalized spacial score (nSPS) is 13.7. The van der Waals surface area contributed by atoms with Crippen LogP contribution in [0.3, 0.4) is 0 Å². The topological polar surface area (TPSA) is 52.7 Å². The van der Waals surface area contributed by atoms with E-state index in [0.717, 1.165) is 24.2 Å². The number of nitrogens with one attached hydrogen (secondary N) is 1. The van der Waals surface area contributed by atoms with Crippen LogP contribution in [-0.2, 0) is 17.9 Å². The number of benzene rings is 2. The number of hydrogen-bond donors (Lipinski definition) is 1. The number of urea groups is 1. The first-order valence-corrected chi connectivity index (χ1v) is 9.14. The molecule has 2 aromatic carbocycles. The van der Waals surface area contributed by atoms with Crippen LogP contribution in [0.4, 0.5) is 14.9 Å². The van der Waals surface area contributed by atoms with Crippen LogP contribution in [0.25, 0.3) is 0 Å². The van der Waals surface area contributed by atoms with Gasteiger partial charge in [0.25, 0.3) is 0 Å². The van der Waals surface area contributed by atoms with E-state index in [-0.39, 0.29) is 24.0 Å². The van der Waals surface area contributed by atoms with Gasteiger partial charge in [-0.05, 0) is 36.2 Å². The maximum absolute atomic E-state index is 13.8. The lowest BCUT2D eigenvalue weighted by Crippen LogP contribution is -2.36. The van der Waals surface area contributed by atoms with Gasteiger partial charge in [0.15, 0.2) is 0 Å². The predicted molar refractivity (Wildman–Crippen MR) is 103 cm³/mol. The summed E-state index contributed by atoms with van der Waals surface area (Å²) in [5.41, 5.74) is 2.08. The molecule has 1 saturated heterocycles. The fourth-order valence-corrected chi connectivity index (χ4v) is 3.24. The van der Waals surface area contributed by atoms with Crippen LogP contribution in [0, 0.1) is 5.82 Å². The molecule has 0 aliphatic carbocycles. The first kappa shape index (κ1) is 19.2. The van der Waals surface area contributed by atoms with E-state index in [1.165, 1.54) is 17.0 Å². The van der Waals surface area contributed by atoms with Crippen molar-refractivity contribution in [3.8, 4) is 0 Å². The molecule has 3 amide bonds. The summed E-state index contributed by atoms with van der Waals surface area (Å²) in [6, 6.07) is 11.6. The highest BCUT2D eigenvalue weighted by atomic mass is 35.5. The minimum Gasteiger partial charge on any atom is -0.334 e. The van der Waals surface area contributed by atoms with Gasteiger partial charge in [0, 0.05) is 42.8 Å². The average Bonchev–Trinajstić information content (AvgIpc) is 3.09. The molecule has 0 aromatic heterocycles. The van der Waals surface area contributed by atoms with Gasteiger partial charge in [0.05, 0.1) is 6.54 Å². The van der Waals surface area contributed by atoms with Crippen molar-refractivity contribution in [2.45, 2.75) is 25.9 Å². The van der Waals surface area contributed by atoms with Crippen molar-refractivity contribution >= 4 is 29.2 Å². The Morgan fingerprint density at radius 1 is 1.26 bits per heavy atom. The minimum absolute atomic E-state index is 0.0767. The van der Waals surface area contributed by atoms with Gasteiger partial charge < -0.3 is 15.1 Å². The molecule has 0 atom stereocenters. The van der Waals surface area contributed by atoms with Crippen LogP contribution >= 0.6 is 11.6 Å². The first-order chi connectivity index (χ1) is 13.0. The zero-order chi connectivity index (χ0) is 19.4. The van der Waals surface area contributed by atoms with E-state index in [9.17, 15) is 14.0 Å². The lowest BCUT2D eigenvalue weighted by atomic mass is 10.2. The highest BCUT2D eigenvalue weighted by molar-refractivity contribution is 6.31. The number of amides is 3. The number of halogens is 2. The summed E-state index contributed by atoms with van der Waals surface area (Å²) in [6.45, 7) is 1.16. The van der Waals surface area contributed by atoms with Gasteiger partial charge in [-0.3, -0.25) is 4.79 Å². The molecule has 1 heterocycles. The lowest BCUT2D eigenvalue weighted by Gasteiger charge is -2.19. The molecule has 3 rings (SSSR count). The Labute approximate surface area is 162 Å². The van der Waals surface area contributed by atoms with E-state index >= 15 is 0 Å². The van der Waals surface area contributed by atoms with Crippen molar-refractivity contribution in [2.24, 2.45) is 0 Å². The Hall–Kier alpha value is -2.60. The lowest BCUT2D eigenvalue weighted by molar-refractivity contribution is -0.117. The number of anilines is 1. The Balaban J connectivity index is 1.54. The summed E-state index contributed by atoms with van der Waals surface area (Å²) in [5, 5.41) is 3.09. The second-order valence-electron chi connectivity index (χ2n) is 6.53. The van der Waals surface area contributed by atoms with Crippen molar-refractivity contribution in [3.05, 3.63) is 64.4 Å². The van der Waals surface area contributed by atoms with Crippen LogP contribution < -0.4 is 10.2 Å². The molecule has 142 valence electrons. The minimum atomic E-state index is -0.436. The van der Waals surface area contributed by atoms with Gasteiger partial charge in [-0.2, -0.15) is 0 Å². The monoisotopic (exact) mass is 389 g/mol. The molecule has 0 unspecified atom stereocenters. The van der Waals surface area contributed by atoms with Crippen molar-refractivity contribution in [1.82, 2.24) is 10.2 Å². The maximum atomic E-state index is 13.8. The zero-order valence-electron chi connectivity index (χ0n) is 15.0. The number of carbonyl (C=O) groups is 2. The Morgan fingerprint density at radius 2 is 2.00 bits per heavy atom. The second kappa shape index (κ2) is 8.39. The molecule has 1 aliphatic heterocycles. The van der Waals surface area contributed by atoms with E-state index in [1.54, 1.807) is 18.0 Å². The zero-order valence-corrected chi connectivity index (χ0v) is 15.8. The molecule has 0 spiro atoms. The molecule has 27 heavy (non-hydrogen) atoms. The van der Waals surface area contributed by atoms with Crippen molar-refractivity contribution in [1.29, 1.82) is 0 Å². The molecule has 0 saturated carbocycles. The number of rotatable bonds is 5. The van der Waals surface area contributed by atoms with E-state index in [1.807, 2.05) is 24.3 Å².